The molecule has 0 bridgehead atoms. The van der Waals surface area contributed by atoms with E-state index in [-0.39, 0.29) is 12.2 Å². The van der Waals surface area contributed by atoms with Gasteiger partial charge in [-0.1, -0.05) is 34.1 Å². The quantitative estimate of drug-likeness (QED) is 0.779. The molecule has 1 rings (SSSR count). The lowest BCUT2D eigenvalue weighted by molar-refractivity contribution is -0.130. The van der Waals surface area contributed by atoms with E-state index in [4.69, 9.17) is 0 Å². The van der Waals surface area contributed by atoms with E-state index in [0.717, 1.165) is 19.4 Å². The number of nitrogens with one attached hydrogen (secondary N) is 1. The van der Waals surface area contributed by atoms with Gasteiger partial charge in [-0.15, -0.1) is 0 Å². The van der Waals surface area contributed by atoms with Crippen LogP contribution in [0, 0.1) is 11.8 Å². The van der Waals surface area contributed by atoms with Crippen molar-refractivity contribution in [1.29, 1.82) is 0 Å². The zero-order chi connectivity index (χ0) is 12.3. The van der Waals surface area contributed by atoms with Crippen molar-refractivity contribution in [1.82, 2.24) is 10.2 Å². The van der Waals surface area contributed by atoms with E-state index >= 15 is 0 Å². The first-order valence-electron chi connectivity index (χ1n) is 6.52. The molecule has 0 aromatic rings. The van der Waals surface area contributed by atoms with E-state index in [9.17, 15) is 4.79 Å². The number of hydrogen-bond acceptors (Lipinski definition) is 2. The van der Waals surface area contributed by atoms with E-state index in [1.165, 1.54) is 0 Å². The molecule has 0 aromatic heterocycles. The highest BCUT2D eigenvalue weighted by Crippen LogP contribution is 2.18. The second kappa shape index (κ2) is 5.67. The molecule has 0 saturated carbocycles. The zero-order valence-electron chi connectivity index (χ0n) is 11.3. The van der Waals surface area contributed by atoms with Crippen molar-refractivity contribution in [3.05, 3.63) is 0 Å². The van der Waals surface area contributed by atoms with E-state index in [1.807, 2.05) is 4.90 Å². The van der Waals surface area contributed by atoms with Crippen LogP contribution in [0.1, 0.15) is 47.5 Å². The molecule has 1 N–H and O–H groups in total. The lowest BCUT2D eigenvalue weighted by Crippen LogP contribution is -2.37. The van der Waals surface area contributed by atoms with Gasteiger partial charge in [0.2, 0.25) is 5.91 Å². The van der Waals surface area contributed by atoms with Crippen LogP contribution in [0.15, 0.2) is 0 Å². The topological polar surface area (TPSA) is 32.3 Å². The predicted molar refractivity (Wildman–Crippen MR) is 67.0 cm³/mol. The van der Waals surface area contributed by atoms with E-state index in [0.29, 0.717) is 17.7 Å². The van der Waals surface area contributed by atoms with Crippen LogP contribution in [0.2, 0.25) is 0 Å². The van der Waals surface area contributed by atoms with E-state index in [1.54, 1.807) is 0 Å². The molecular formula is C13H26N2O. The third-order valence-corrected chi connectivity index (χ3v) is 3.40. The Hall–Kier alpha value is -0.570. The predicted octanol–water partition coefficient (Wildman–Crippen LogP) is 2.22. The molecule has 16 heavy (non-hydrogen) atoms. The van der Waals surface area contributed by atoms with Gasteiger partial charge in [-0.2, -0.15) is 0 Å². The van der Waals surface area contributed by atoms with Gasteiger partial charge >= 0.3 is 0 Å². The minimum atomic E-state index is 0.0408. The molecule has 3 nitrogen and oxygen atoms in total. The second-order valence-corrected chi connectivity index (χ2v) is 5.53. The second-order valence-electron chi connectivity index (χ2n) is 5.53. The fourth-order valence-electron chi connectivity index (χ4n) is 2.20. The molecule has 1 amide bonds. The molecule has 94 valence electrons. The summed E-state index contributed by atoms with van der Waals surface area (Å²) < 4.78 is 0. The van der Waals surface area contributed by atoms with Gasteiger partial charge in [0.25, 0.3) is 0 Å². The summed E-state index contributed by atoms with van der Waals surface area (Å²) in [5.41, 5.74) is 0. The standard InChI is InChI=1S/C13H26N2O/c1-6-10(4)8-15-11(5)14-12(13(15)16)7-9(2)3/h9-12,14H,6-8H2,1-5H3. The van der Waals surface area contributed by atoms with Gasteiger partial charge in [-0.25, -0.2) is 0 Å². The maximum atomic E-state index is 12.2. The molecule has 3 atom stereocenters. The summed E-state index contributed by atoms with van der Waals surface area (Å²) >= 11 is 0. The summed E-state index contributed by atoms with van der Waals surface area (Å²) in [5, 5.41) is 3.39. The first-order valence-corrected chi connectivity index (χ1v) is 6.52. The van der Waals surface area contributed by atoms with Crippen molar-refractivity contribution in [2.45, 2.75) is 59.7 Å². The maximum Gasteiger partial charge on any atom is 0.241 e. The van der Waals surface area contributed by atoms with Crippen LogP contribution in [0.3, 0.4) is 0 Å². The van der Waals surface area contributed by atoms with Crippen LogP contribution in [0.5, 0.6) is 0 Å². The molecule has 0 radical (unpaired) electrons. The molecule has 1 saturated heterocycles. The number of amides is 1. The fourth-order valence-corrected chi connectivity index (χ4v) is 2.20. The molecule has 0 aromatic carbocycles. The lowest BCUT2D eigenvalue weighted by Gasteiger charge is -2.24. The van der Waals surface area contributed by atoms with Crippen LogP contribution in [0.4, 0.5) is 0 Å². The Bertz CT molecular complexity index is 240. The van der Waals surface area contributed by atoms with Crippen molar-refractivity contribution in [2.24, 2.45) is 11.8 Å². The molecule has 3 unspecified atom stereocenters. The minimum absolute atomic E-state index is 0.0408. The summed E-state index contributed by atoms with van der Waals surface area (Å²) in [6.07, 6.45) is 2.27. The number of hydrogen-bond donors (Lipinski definition) is 1. The van der Waals surface area contributed by atoms with Crippen LogP contribution in [-0.2, 0) is 4.79 Å². The Morgan fingerprint density at radius 3 is 2.50 bits per heavy atom. The first-order chi connectivity index (χ1) is 7.45. The van der Waals surface area contributed by atoms with Gasteiger partial charge < -0.3 is 4.90 Å². The van der Waals surface area contributed by atoms with Crippen molar-refractivity contribution in [2.75, 3.05) is 6.54 Å². The summed E-state index contributed by atoms with van der Waals surface area (Å²) in [5.74, 6) is 1.45. The Morgan fingerprint density at radius 1 is 1.38 bits per heavy atom. The molecule has 0 spiro atoms. The van der Waals surface area contributed by atoms with Crippen LogP contribution >= 0.6 is 0 Å². The highest BCUT2D eigenvalue weighted by atomic mass is 16.2. The maximum absolute atomic E-state index is 12.2. The number of carbonyl (C=O) groups excluding carboxylic acids is 1. The highest BCUT2D eigenvalue weighted by molar-refractivity contribution is 5.84. The number of rotatable bonds is 5. The van der Waals surface area contributed by atoms with Gasteiger partial charge in [0.05, 0.1) is 12.2 Å². The highest BCUT2D eigenvalue weighted by Gasteiger charge is 2.36. The van der Waals surface area contributed by atoms with Crippen molar-refractivity contribution in [3.63, 3.8) is 0 Å². The average molecular weight is 226 g/mol. The Balaban J connectivity index is 2.56. The lowest BCUT2D eigenvalue weighted by atomic mass is 10.0. The Kier molecular flexibility index (Phi) is 4.78. The molecule has 1 fully saturated rings. The van der Waals surface area contributed by atoms with Crippen molar-refractivity contribution >= 4 is 5.91 Å². The monoisotopic (exact) mass is 226 g/mol. The smallest absolute Gasteiger partial charge is 0.241 e. The number of carbonyl (C=O) groups is 1. The first kappa shape index (κ1) is 13.5. The molecule has 1 aliphatic heterocycles. The van der Waals surface area contributed by atoms with Gasteiger partial charge in [0.1, 0.15) is 0 Å². The molecular weight excluding hydrogens is 200 g/mol. The fraction of sp³-hybridized carbons (Fsp3) is 0.923. The van der Waals surface area contributed by atoms with Crippen molar-refractivity contribution < 1.29 is 4.79 Å². The minimum Gasteiger partial charge on any atom is -0.326 e. The largest absolute Gasteiger partial charge is 0.326 e. The van der Waals surface area contributed by atoms with Gasteiger partial charge in [0, 0.05) is 6.54 Å². The van der Waals surface area contributed by atoms with E-state index in [2.05, 4.69) is 39.9 Å². The molecule has 1 heterocycles. The summed E-state index contributed by atoms with van der Waals surface area (Å²) in [6, 6.07) is 0.0408. The van der Waals surface area contributed by atoms with Crippen LogP contribution in [0.25, 0.3) is 0 Å². The van der Waals surface area contributed by atoms with Gasteiger partial charge in [0.15, 0.2) is 0 Å². The SMILES string of the molecule is CCC(C)CN1C(=O)C(CC(C)C)NC1C. The summed E-state index contributed by atoms with van der Waals surface area (Å²) in [4.78, 5) is 14.2. The number of nitrogens with zero attached hydrogens (tertiary/aromatic N) is 1. The van der Waals surface area contributed by atoms with Gasteiger partial charge in [-0.3, -0.25) is 10.1 Å². The van der Waals surface area contributed by atoms with E-state index < -0.39 is 0 Å². The van der Waals surface area contributed by atoms with Gasteiger partial charge in [-0.05, 0) is 25.2 Å². The van der Waals surface area contributed by atoms with Crippen LogP contribution in [-0.4, -0.2) is 29.6 Å². The zero-order valence-corrected chi connectivity index (χ0v) is 11.3. The third kappa shape index (κ3) is 3.21. The van der Waals surface area contributed by atoms with Crippen LogP contribution < -0.4 is 5.32 Å². The Labute approximate surface area is 99.6 Å². The molecule has 3 heteroatoms. The molecule has 0 aliphatic carbocycles. The van der Waals surface area contributed by atoms with Crippen molar-refractivity contribution in [3.8, 4) is 0 Å². The Morgan fingerprint density at radius 2 is 2.00 bits per heavy atom. The summed E-state index contributed by atoms with van der Waals surface area (Å²) in [7, 11) is 0. The normalized spacial score (nSPS) is 27.9. The molecule has 1 aliphatic rings. The average Bonchev–Trinajstić information content (AvgIpc) is 2.45. The third-order valence-electron chi connectivity index (χ3n) is 3.40. The summed E-state index contributed by atoms with van der Waals surface area (Å²) in [6.45, 7) is 11.7.